The second-order valence-electron chi connectivity index (χ2n) is 7.82. The van der Waals surface area contributed by atoms with Gasteiger partial charge in [-0.1, -0.05) is 44.2 Å². The van der Waals surface area contributed by atoms with Crippen LogP contribution in [-0.2, 0) is 0 Å². The zero-order valence-electron chi connectivity index (χ0n) is 20.6. The van der Waals surface area contributed by atoms with Crippen molar-refractivity contribution in [3.05, 3.63) is 78.0 Å². The van der Waals surface area contributed by atoms with Gasteiger partial charge >= 0.3 is 0 Å². The number of rotatable bonds is 2. The molecular formula is C27H21NO2. The van der Waals surface area contributed by atoms with E-state index < -0.39 is 12.7 Å². The molecule has 146 valence electrons. The molecule has 3 nitrogen and oxygen atoms in total. The van der Waals surface area contributed by atoms with Gasteiger partial charge in [0.2, 0.25) is 0 Å². The smallest absolute Gasteiger partial charge is 0.178 e. The summed E-state index contributed by atoms with van der Waals surface area (Å²) in [4.78, 5) is 4.48. The van der Waals surface area contributed by atoms with Crippen molar-refractivity contribution in [1.82, 2.24) is 4.98 Å². The van der Waals surface area contributed by atoms with E-state index in [1.807, 2.05) is 48.5 Å². The number of furan rings is 2. The van der Waals surface area contributed by atoms with E-state index in [9.17, 15) is 0 Å². The van der Waals surface area contributed by atoms with E-state index in [0.29, 0.717) is 28.0 Å². The average molecular weight is 395 g/mol. The second kappa shape index (κ2) is 6.20. The molecule has 6 aromatic rings. The van der Waals surface area contributed by atoms with Crippen molar-refractivity contribution in [2.75, 3.05) is 0 Å². The highest BCUT2D eigenvalue weighted by atomic mass is 16.4. The highest BCUT2D eigenvalue weighted by Gasteiger charge is 2.18. The number of fused-ring (bicyclic) bond motifs is 7. The summed E-state index contributed by atoms with van der Waals surface area (Å²) in [5, 5.41) is 3.87. The molecule has 0 saturated heterocycles. The summed E-state index contributed by atoms with van der Waals surface area (Å²) in [7, 11) is 0. The van der Waals surface area contributed by atoms with Gasteiger partial charge in [0.15, 0.2) is 11.2 Å². The summed E-state index contributed by atoms with van der Waals surface area (Å²) >= 11 is 0. The Kier molecular flexibility index (Phi) is 2.81. The maximum atomic E-state index is 8.53. The summed E-state index contributed by atoms with van der Waals surface area (Å²) < 4.78 is 44.7. The predicted octanol–water partition coefficient (Wildman–Crippen LogP) is 7.98. The molecule has 0 bridgehead atoms. The summed E-state index contributed by atoms with van der Waals surface area (Å²) in [6, 6.07) is 19.5. The van der Waals surface area contributed by atoms with E-state index in [-0.39, 0.29) is 5.56 Å². The molecule has 0 amide bonds. The molecule has 0 fully saturated rings. The van der Waals surface area contributed by atoms with Crippen LogP contribution in [0.15, 0.2) is 75.7 Å². The Labute approximate surface area is 179 Å². The fraction of sp³-hybridized carbons (Fsp3) is 0.148. The van der Waals surface area contributed by atoms with E-state index in [1.165, 1.54) is 6.20 Å². The van der Waals surface area contributed by atoms with Gasteiger partial charge in [0.1, 0.15) is 11.2 Å². The summed E-state index contributed by atoms with van der Waals surface area (Å²) in [5.41, 5.74) is 4.62. The van der Waals surface area contributed by atoms with E-state index in [2.05, 4.69) is 11.1 Å². The lowest BCUT2D eigenvalue weighted by atomic mass is 9.97. The zero-order valence-corrected chi connectivity index (χ0v) is 16.6. The van der Waals surface area contributed by atoms with Crippen LogP contribution in [0.2, 0.25) is 0 Å². The van der Waals surface area contributed by atoms with Crippen molar-refractivity contribution < 1.29 is 14.3 Å². The van der Waals surface area contributed by atoms with Crippen molar-refractivity contribution in [1.29, 1.82) is 0 Å². The molecule has 0 N–H and O–H groups in total. The first-order valence-corrected chi connectivity index (χ1v) is 9.90. The molecule has 0 atom stereocenters. The van der Waals surface area contributed by atoms with Crippen LogP contribution in [0.4, 0.5) is 0 Å². The number of nitrogens with zero attached hydrogens (tertiary/aromatic N) is 1. The summed E-state index contributed by atoms with van der Waals surface area (Å²) in [6.45, 7) is 1.01. The van der Waals surface area contributed by atoms with Crippen LogP contribution in [-0.4, -0.2) is 4.98 Å². The Morgan fingerprint density at radius 1 is 0.833 bits per heavy atom. The molecule has 3 heteroatoms. The molecule has 0 radical (unpaired) electrons. The lowest BCUT2D eigenvalue weighted by molar-refractivity contribution is 0.634. The number of aromatic nitrogens is 1. The molecule has 3 aromatic heterocycles. The third kappa shape index (κ3) is 2.35. The molecule has 30 heavy (non-hydrogen) atoms. The van der Waals surface area contributed by atoms with Gasteiger partial charge in [-0.25, -0.2) is 0 Å². The molecule has 0 saturated carbocycles. The first-order valence-electron chi connectivity index (χ1n) is 11.9. The minimum absolute atomic E-state index is 0.0945. The number of pyridine rings is 1. The van der Waals surface area contributed by atoms with Gasteiger partial charge in [-0.3, -0.25) is 4.98 Å². The van der Waals surface area contributed by atoms with Crippen LogP contribution in [0.1, 0.15) is 36.4 Å². The van der Waals surface area contributed by atoms with Crippen molar-refractivity contribution >= 4 is 43.9 Å². The van der Waals surface area contributed by atoms with Gasteiger partial charge in [-0.05, 0) is 54.2 Å². The molecule has 0 aliphatic rings. The number of aryl methyl sites for hydroxylation is 1. The normalized spacial score (nSPS) is 14.9. The predicted molar refractivity (Wildman–Crippen MR) is 123 cm³/mol. The lowest BCUT2D eigenvalue weighted by Gasteiger charge is -2.11. The maximum Gasteiger partial charge on any atom is 0.178 e. The van der Waals surface area contributed by atoms with Crippen molar-refractivity contribution in [3.63, 3.8) is 0 Å². The van der Waals surface area contributed by atoms with E-state index >= 15 is 0 Å². The van der Waals surface area contributed by atoms with Gasteiger partial charge in [0.25, 0.3) is 0 Å². The number of para-hydroxylation sites is 2. The van der Waals surface area contributed by atoms with Gasteiger partial charge in [-0.2, -0.15) is 0 Å². The van der Waals surface area contributed by atoms with Gasteiger partial charge < -0.3 is 8.83 Å². The molecule has 0 aliphatic heterocycles. The minimum atomic E-state index is -2.35. The largest absolute Gasteiger partial charge is 0.452 e. The van der Waals surface area contributed by atoms with Crippen LogP contribution in [0, 0.1) is 6.85 Å². The summed E-state index contributed by atoms with van der Waals surface area (Å²) in [5.74, 6) is -1.11. The van der Waals surface area contributed by atoms with Crippen LogP contribution in [0.3, 0.4) is 0 Å². The molecular weight excluding hydrogens is 370 g/mol. The van der Waals surface area contributed by atoms with Crippen LogP contribution < -0.4 is 0 Å². The topological polar surface area (TPSA) is 39.2 Å². The standard InChI is InChI=1S/C27H21NO2/c1-15(2)22-13-23(28-14-16(22)3)21-9-6-8-18-20-12-11-19-17-7-4-5-10-24(17)29-26(19)27(20)30-25(18)21/h4-15H,1-3H3/i3D3,15D. The number of benzene rings is 3. The first-order chi connectivity index (χ1) is 16.1. The SMILES string of the molecule is [2H]C([2H])([2H])c1cnc(-c2cccc3c2oc2c3ccc3c4ccccc4oc32)cc1C([2H])(C)C. The summed E-state index contributed by atoms with van der Waals surface area (Å²) in [6.07, 6.45) is 1.37. The fourth-order valence-electron chi connectivity index (χ4n) is 4.26. The Balaban J connectivity index is 1.64. The molecule has 6 rings (SSSR count). The van der Waals surface area contributed by atoms with Crippen LogP contribution in [0.5, 0.6) is 0 Å². The highest BCUT2D eigenvalue weighted by Crippen LogP contribution is 2.41. The maximum absolute atomic E-state index is 8.53. The lowest BCUT2D eigenvalue weighted by Crippen LogP contribution is -1.95. The van der Waals surface area contributed by atoms with Crippen molar-refractivity contribution in [2.45, 2.75) is 26.6 Å². The van der Waals surface area contributed by atoms with Crippen molar-refractivity contribution in [2.24, 2.45) is 0 Å². The Morgan fingerprint density at radius 2 is 1.57 bits per heavy atom. The quantitative estimate of drug-likeness (QED) is 0.298. The fourth-order valence-corrected chi connectivity index (χ4v) is 4.26. The number of hydrogen-bond acceptors (Lipinski definition) is 3. The van der Waals surface area contributed by atoms with Gasteiger partial charge in [-0.15, -0.1) is 0 Å². The highest BCUT2D eigenvalue weighted by molar-refractivity contribution is 6.20. The number of hydrogen-bond donors (Lipinski definition) is 0. The average Bonchev–Trinajstić information content (AvgIpc) is 3.36. The van der Waals surface area contributed by atoms with E-state index in [1.54, 1.807) is 19.9 Å². The Bertz CT molecular complexity index is 1740. The van der Waals surface area contributed by atoms with E-state index in [0.717, 1.165) is 32.7 Å². The van der Waals surface area contributed by atoms with Crippen molar-refractivity contribution in [3.8, 4) is 11.3 Å². The van der Waals surface area contributed by atoms with Gasteiger partial charge in [0.05, 0.1) is 5.69 Å². The third-order valence-electron chi connectivity index (χ3n) is 5.73. The zero-order chi connectivity index (χ0) is 23.8. The second-order valence-corrected chi connectivity index (χ2v) is 7.82. The first kappa shape index (κ1) is 13.6. The Morgan fingerprint density at radius 3 is 2.40 bits per heavy atom. The monoisotopic (exact) mass is 395 g/mol. The van der Waals surface area contributed by atoms with E-state index in [4.69, 9.17) is 14.3 Å². The van der Waals surface area contributed by atoms with Crippen LogP contribution >= 0.6 is 0 Å². The Hall–Kier alpha value is -3.59. The third-order valence-corrected chi connectivity index (χ3v) is 5.73. The molecule has 3 heterocycles. The minimum Gasteiger partial charge on any atom is -0.452 e. The molecule has 0 unspecified atom stereocenters. The van der Waals surface area contributed by atoms with Gasteiger partial charge in [0, 0.05) is 38.8 Å². The molecule has 0 spiro atoms. The molecule has 0 aliphatic carbocycles. The molecule has 3 aromatic carbocycles. The van der Waals surface area contributed by atoms with Crippen LogP contribution in [0.25, 0.3) is 55.1 Å².